The van der Waals surface area contributed by atoms with Crippen LogP contribution in [0.5, 0.6) is 0 Å². The summed E-state index contributed by atoms with van der Waals surface area (Å²) < 4.78 is 5.42. The summed E-state index contributed by atoms with van der Waals surface area (Å²) >= 11 is 0. The molecule has 0 bridgehead atoms. The van der Waals surface area contributed by atoms with Crippen molar-refractivity contribution in [1.82, 2.24) is 4.90 Å². The maximum atomic E-state index is 12.1. The average molecular weight is 289 g/mol. The first kappa shape index (κ1) is 15.4. The fraction of sp³-hybridized carbons (Fsp3) is 0.500. The lowest BCUT2D eigenvalue weighted by Crippen LogP contribution is -2.40. The highest BCUT2D eigenvalue weighted by Crippen LogP contribution is 2.25. The van der Waals surface area contributed by atoms with Gasteiger partial charge in [0.1, 0.15) is 11.4 Å². The molecule has 0 aliphatic carbocycles. The molecule has 0 radical (unpaired) electrons. The highest BCUT2D eigenvalue weighted by atomic mass is 16.6. The van der Waals surface area contributed by atoms with Gasteiger partial charge in [-0.2, -0.15) is 0 Å². The number of ether oxygens (including phenoxy) is 1. The second-order valence-corrected chi connectivity index (χ2v) is 6.44. The van der Waals surface area contributed by atoms with Gasteiger partial charge in [0.05, 0.1) is 0 Å². The largest absolute Gasteiger partial charge is 0.444 e. The van der Waals surface area contributed by atoms with Crippen LogP contribution in [-0.2, 0) is 17.7 Å². The van der Waals surface area contributed by atoms with Crippen molar-refractivity contribution in [2.75, 3.05) is 6.54 Å². The molecule has 1 amide bonds. The molecule has 2 rings (SSSR count). The summed E-state index contributed by atoms with van der Waals surface area (Å²) in [5, 5.41) is 7.59. The maximum absolute atomic E-state index is 12.1. The number of benzene rings is 1. The molecule has 1 aliphatic heterocycles. The molecule has 0 fully saturated rings. The minimum atomic E-state index is -0.480. The van der Waals surface area contributed by atoms with Gasteiger partial charge in [-0.25, -0.2) is 4.79 Å². The third-order valence-electron chi connectivity index (χ3n) is 3.63. The van der Waals surface area contributed by atoms with Crippen molar-refractivity contribution in [3.8, 4) is 0 Å². The summed E-state index contributed by atoms with van der Waals surface area (Å²) in [5.41, 5.74) is 9.24. The topological polar surface area (TPSA) is 79.4 Å². The number of nitrogen functional groups attached to an aromatic ring is 1. The van der Waals surface area contributed by atoms with E-state index in [0.29, 0.717) is 13.1 Å². The summed E-state index contributed by atoms with van der Waals surface area (Å²) in [7, 11) is 0. The van der Waals surface area contributed by atoms with Crippen molar-refractivity contribution < 1.29 is 9.53 Å². The number of nitrogens with zero attached hydrogens (tertiary/aromatic N) is 1. The normalized spacial score (nSPS) is 14.6. The molecular formula is C16H23N3O2. The molecular weight excluding hydrogens is 266 g/mol. The van der Waals surface area contributed by atoms with Gasteiger partial charge in [-0.3, -0.25) is 5.41 Å². The fourth-order valence-electron chi connectivity index (χ4n) is 2.61. The lowest BCUT2D eigenvalue weighted by molar-refractivity contribution is 0.0224. The molecule has 5 nitrogen and oxygen atoms in total. The predicted molar refractivity (Wildman–Crippen MR) is 82.5 cm³/mol. The van der Waals surface area contributed by atoms with E-state index in [2.05, 4.69) is 0 Å². The molecule has 114 valence electrons. The van der Waals surface area contributed by atoms with Crippen LogP contribution in [0.4, 0.5) is 4.79 Å². The van der Waals surface area contributed by atoms with E-state index in [9.17, 15) is 4.79 Å². The number of fused-ring (bicyclic) bond motifs is 1. The van der Waals surface area contributed by atoms with Gasteiger partial charge in [0.15, 0.2) is 0 Å². The Kier molecular flexibility index (Phi) is 3.94. The molecule has 0 saturated carbocycles. The van der Waals surface area contributed by atoms with Gasteiger partial charge in [-0.1, -0.05) is 12.1 Å². The Morgan fingerprint density at radius 3 is 2.62 bits per heavy atom. The zero-order chi connectivity index (χ0) is 15.8. The number of carbonyl (C=O) groups is 1. The molecule has 0 unspecified atom stereocenters. The summed E-state index contributed by atoms with van der Waals surface area (Å²) in [4.78, 5) is 13.9. The highest BCUT2D eigenvalue weighted by molar-refractivity contribution is 5.96. The minimum absolute atomic E-state index is 0.0878. The maximum Gasteiger partial charge on any atom is 0.410 e. The fourth-order valence-corrected chi connectivity index (χ4v) is 2.61. The van der Waals surface area contributed by atoms with E-state index >= 15 is 0 Å². The van der Waals surface area contributed by atoms with Crippen LogP contribution in [0.1, 0.15) is 43.0 Å². The summed E-state index contributed by atoms with van der Waals surface area (Å²) in [5.74, 6) is 0.0878. The molecule has 0 aromatic heterocycles. The van der Waals surface area contributed by atoms with Crippen LogP contribution in [-0.4, -0.2) is 29.0 Å². The smallest absolute Gasteiger partial charge is 0.410 e. The van der Waals surface area contributed by atoms with Gasteiger partial charge in [-0.05, 0) is 50.8 Å². The Bertz CT molecular complexity index is 588. The minimum Gasteiger partial charge on any atom is -0.444 e. The first-order valence-electron chi connectivity index (χ1n) is 7.12. The van der Waals surface area contributed by atoms with Crippen molar-refractivity contribution in [2.24, 2.45) is 5.73 Å². The van der Waals surface area contributed by atoms with Crippen molar-refractivity contribution >= 4 is 11.9 Å². The Morgan fingerprint density at radius 1 is 1.38 bits per heavy atom. The summed E-state index contributed by atoms with van der Waals surface area (Å²) in [6.45, 7) is 8.76. The quantitative estimate of drug-likeness (QED) is 0.616. The molecule has 3 N–H and O–H groups in total. The summed E-state index contributed by atoms with van der Waals surface area (Å²) in [6, 6.07) is 3.81. The lowest BCUT2D eigenvalue weighted by Gasteiger charge is -2.32. The van der Waals surface area contributed by atoms with Crippen molar-refractivity contribution in [3.05, 3.63) is 34.4 Å². The van der Waals surface area contributed by atoms with Crippen LogP contribution in [0, 0.1) is 12.3 Å². The van der Waals surface area contributed by atoms with Crippen LogP contribution in [0.25, 0.3) is 0 Å². The monoisotopic (exact) mass is 289 g/mol. The van der Waals surface area contributed by atoms with Crippen LogP contribution in [0.2, 0.25) is 0 Å². The van der Waals surface area contributed by atoms with E-state index < -0.39 is 5.60 Å². The van der Waals surface area contributed by atoms with Gasteiger partial charge in [0.2, 0.25) is 0 Å². The highest BCUT2D eigenvalue weighted by Gasteiger charge is 2.26. The van der Waals surface area contributed by atoms with Crippen LogP contribution in [0.15, 0.2) is 12.1 Å². The molecule has 0 atom stereocenters. The SMILES string of the molecule is Cc1c(C(=N)N)ccc2c1CCN(C(=O)OC(C)(C)C)C2. The Hall–Kier alpha value is -2.04. The number of rotatable bonds is 1. The van der Waals surface area contributed by atoms with E-state index in [1.165, 1.54) is 5.56 Å². The molecule has 1 heterocycles. The summed E-state index contributed by atoms with van der Waals surface area (Å²) in [6.07, 6.45) is 0.489. The van der Waals surface area contributed by atoms with Crippen molar-refractivity contribution in [1.29, 1.82) is 5.41 Å². The number of carbonyl (C=O) groups excluding carboxylic acids is 1. The number of nitrogens with one attached hydrogen (secondary N) is 1. The third kappa shape index (κ3) is 3.35. The zero-order valence-electron chi connectivity index (χ0n) is 13.1. The molecule has 1 aromatic rings. The van der Waals surface area contributed by atoms with Crippen LogP contribution >= 0.6 is 0 Å². The number of nitrogens with two attached hydrogens (primary N) is 1. The molecule has 5 heteroatoms. The first-order valence-corrected chi connectivity index (χ1v) is 7.12. The molecule has 0 saturated heterocycles. The molecule has 21 heavy (non-hydrogen) atoms. The Labute approximate surface area is 125 Å². The lowest BCUT2D eigenvalue weighted by atomic mass is 9.91. The van der Waals surface area contributed by atoms with E-state index in [-0.39, 0.29) is 11.9 Å². The van der Waals surface area contributed by atoms with E-state index in [4.69, 9.17) is 15.9 Å². The second kappa shape index (κ2) is 5.39. The van der Waals surface area contributed by atoms with Crippen molar-refractivity contribution in [3.63, 3.8) is 0 Å². The van der Waals surface area contributed by atoms with Crippen LogP contribution < -0.4 is 5.73 Å². The standard InChI is InChI=1S/C16H23N3O2/c1-10-12-7-8-19(15(20)21-16(2,3)4)9-11(12)5-6-13(10)14(17)18/h5-6H,7-9H2,1-4H3,(H3,17,18). The van der Waals surface area contributed by atoms with E-state index in [1.807, 2.05) is 39.8 Å². The molecule has 0 spiro atoms. The Balaban J connectivity index is 2.20. The molecule has 1 aliphatic rings. The van der Waals surface area contributed by atoms with Gasteiger partial charge in [-0.15, -0.1) is 0 Å². The predicted octanol–water partition coefficient (Wildman–Crippen LogP) is 2.57. The van der Waals surface area contributed by atoms with Gasteiger partial charge < -0.3 is 15.4 Å². The van der Waals surface area contributed by atoms with Gasteiger partial charge >= 0.3 is 6.09 Å². The van der Waals surface area contributed by atoms with E-state index in [0.717, 1.165) is 23.1 Å². The van der Waals surface area contributed by atoms with Gasteiger partial charge in [0.25, 0.3) is 0 Å². The number of amidine groups is 1. The third-order valence-corrected chi connectivity index (χ3v) is 3.63. The molecule has 1 aromatic carbocycles. The van der Waals surface area contributed by atoms with Crippen LogP contribution in [0.3, 0.4) is 0 Å². The van der Waals surface area contributed by atoms with E-state index in [1.54, 1.807) is 4.90 Å². The number of hydrogen-bond acceptors (Lipinski definition) is 3. The zero-order valence-corrected chi connectivity index (χ0v) is 13.1. The number of hydrogen-bond donors (Lipinski definition) is 2. The Morgan fingerprint density at radius 2 is 2.05 bits per heavy atom. The average Bonchev–Trinajstić information content (AvgIpc) is 2.36. The second-order valence-electron chi connectivity index (χ2n) is 6.44. The van der Waals surface area contributed by atoms with Gasteiger partial charge in [0, 0.05) is 18.7 Å². The van der Waals surface area contributed by atoms with Crippen molar-refractivity contribution in [2.45, 2.75) is 46.3 Å². The first-order chi connectivity index (χ1) is 9.69. The number of amides is 1.